The summed E-state index contributed by atoms with van der Waals surface area (Å²) in [6.07, 6.45) is 4.02. The summed E-state index contributed by atoms with van der Waals surface area (Å²) >= 11 is 0. The maximum Gasteiger partial charge on any atom is 0.258 e. The predicted molar refractivity (Wildman–Crippen MR) is 130 cm³/mol. The smallest absolute Gasteiger partial charge is 0.258 e. The van der Waals surface area contributed by atoms with Crippen molar-refractivity contribution in [1.29, 1.82) is 0 Å². The van der Waals surface area contributed by atoms with E-state index in [1.807, 2.05) is 43.3 Å². The van der Waals surface area contributed by atoms with E-state index in [2.05, 4.69) is 11.4 Å². The fourth-order valence-electron chi connectivity index (χ4n) is 3.82. The number of anilines is 2. The summed E-state index contributed by atoms with van der Waals surface area (Å²) in [5.74, 6) is 0.964. The molecule has 168 valence electrons. The Morgan fingerprint density at radius 2 is 1.82 bits per heavy atom. The van der Waals surface area contributed by atoms with E-state index in [1.54, 1.807) is 42.4 Å². The molecule has 0 fully saturated rings. The Morgan fingerprint density at radius 3 is 2.58 bits per heavy atom. The van der Waals surface area contributed by atoms with E-state index < -0.39 is 0 Å². The number of benzene rings is 3. The topological polar surface area (TPSA) is 67.9 Å². The minimum absolute atomic E-state index is 0.0397. The Labute approximate surface area is 193 Å². The van der Waals surface area contributed by atoms with Gasteiger partial charge in [0.05, 0.1) is 13.7 Å². The van der Waals surface area contributed by atoms with Crippen molar-refractivity contribution < 1.29 is 19.1 Å². The Bertz CT molecular complexity index is 1180. The largest absolute Gasteiger partial charge is 0.493 e. The zero-order chi connectivity index (χ0) is 23.2. The van der Waals surface area contributed by atoms with E-state index in [9.17, 15) is 9.59 Å². The molecule has 0 aliphatic carbocycles. The number of fused-ring (bicyclic) bond motifs is 1. The van der Waals surface area contributed by atoms with Crippen LogP contribution in [0.2, 0.25) is 0 Å². The molecule has 0 radical (unpaired) electrons. The second kappa shape index (κ2) is 10.0. The van der Waals surface area contributed by atoms with Crippen molar-refractivity contribution in [1.82, 2.24) is 0 Å². The molecule has 1 aliphatic rings. The third-order valence-corrected chi connectivity index (χ3v) is 5.45. The number of nitrogens with one attached hydrogen (secondary N) is 1. The molecule has 6 nitrogen and oxygen atoms in total. The lowest BCUT2D eigenvalue weighted by Crippen LogP contribution is -2.28. The van der Waals surface area contributed by atoms with Gasteiger partial charge in [0.15, 0.2) is 11.5 Å². The van der Waals surface area contributed by atoms with E-state index in [-0.39, 0.29) is 11.8 Å². The van der Waals surface area contributed by atoms with Crippen molar-refractivity contribution in [2.75, 3.05) is 30.5 Å². The van der Waals surface area contributed by atoms with Gasteiger partial charge in [0.1, 0.15) is 0 Å². The first kappa shape index (κ1) is 22.1. The summed E-state index contributed by atoms with van der Waals surface area (Å²) in [7, 11) is 1.58. The molecular weight excluding hydrogens is 416 g/mol. The maximum atomic E-state index is 12.9. The van der Waals surface area contributed by atoms with Crippen LogP contribution in [-0.2, 0) is 11.2 Å². The highest BCUT2D eigenvalue weighted by Gasteiger charge is 2.24. The summed E-state index contributed by atoms with van der Waals surface area (Å²) < 4.78 is 10.8. The van der Waals surface area contributed by atoms with Crippen LogP contribution in [0.5, 0.6) is 11.5 Å². The molecule has 3 aromatic rings. The average molecular weight is 443 g/mol. The lowest BCUT2D eigenvalue weighted by atomic mass is 10.1. The number of ether oxygens (including phenoxy) is 2. The van der Waals surface area contributed by atoms with Crippen molar-refractivity contribution in [2.24, 2.45) is 0 Å². The third-order valence-electron chi connectivity index (χ3n) is 5.45. The van der Waals surface area contributed by atoms with Crippen LogP contribution >= 0.6 is 0 Å². The number of carbonyl (C=O) groups is 2. The quantitative estimate of drug-likeness (QED) is 0.526. The minimum Gasteiger partial charge on any atom is -0.493 e. The van der Waals surface area contributed by atoms with Crippen molar-refractivity contribution in [2.45, 2.75) is 13.3 Å². The van der Waals surface area contributed by atoms with Gasteiger partial charge in [-0.3, -0.25) is 9.59 Å². The van der Waals surface area contributed by atoms with Crippen LogP contribution in [0.3, 0.4) is 0 Å². The van der Waals surface area contributed by atoms with Crippen LogP contribution in [0, 0.1) is 0 Å². The molecule has 0 unspecified atom stereocenters. The van der Waals surface area contributed by atoms with Crippen LogP contribution < -0.4 is 19.7 Å². The van der Waals surface area contributed by atoms with Crippen molar-refractivity contribution in [3.05, 3.63) is 89.5 Å². The van der Waals surface area contributed by atoms with E-state index >= 15 is 0 Å². The van der Waals surface area contributed by atoms with Crippen molar-refractivity contribution in [3.8, 4) is 11.5 Å². The molecule has 3 aromatic carbocycles. The van der Waals surface area contributed by atoms with E-state index in [1.165, 1.54) is 11.6 Å². The number of hydrogen-bond acceptors (Lipinski definition) is 4. The molecule has 1 N–H and O–H groups in total. The van der Waals surface area contributed by atoms with Crippen LogP contribution in [0.15, 0.2) is 72.8 Å². The average Bonchev–Trinajstić information content (AvgIpc) is 3.28. The van der Waals surface area contributed by atoms with Crippen LogP contribution in [0.4, 0.5) is 11.4 Å². The summed E-state index contributed by atoms with van der Waals surface area (Å²) in [5, 5.41) is 2.82. The van der Waals surface area contributed by atoms with E-state index in [4.69, 9.17) is 9.47 Å². The van der Waals surface area contributed by atoms with Gasteiger partial charge in [-0.15, -0.1) is 0 Å². The molecule has 4 rings (SSSR count). The second-order valence-corrected chi connectivity index (χ2v) is 7.58. The molecule has 6 heteroatoms. The first-order chi connectivity index (χ1) is 16.1. The highest BCUT2D eigenvalue weighted by molar-refractivity contribution is 6.08. The molecule has 2 amide bonds. The lowest BCUT2D eigenvalue weighted by Gasteiger charge is -2.17. The van der Waals surface area contributed by atoms with Crippen LogP contribution in [0.1, 0.15) is 28.4 Å². The summed E-state index contributed by atoms with van der Waals surface area (Å²) in [5.41, 5.74) is 4.17. The van der Waals surface area contributed by atoms with Gasteiger partial charge in [-0.2, -0.15) is 0 Å². The third kappa shape index (κ3) is 5.06. The Hall–Kier alpha value is -4.06. The summed E-state index contributed by atoms with van der Waals surface area (Å²) in [6.45, 7) is 3.13. The Morgan fingerprint density at radius 1 is 1.03 bits per heavy atom. The highest BCUT2D eigenvalue weighted by Crippen LogP contribution is 2.30. The zero-order valence-electron chi connectivity index (χ0n) is 18.7. The number of methoxy groups -OCH3 is 1. The molecule has 1 aliphatic heterocycles. The van der Waals surface area contributed by atoms with Gasteiger partial charge in [0.2, 0.25) is 5.91 Å². The van der Waals surface area contributed by atoms with Gasteiger partial charge in [-0.05, 0) is 73.0 Å². The van der Waals surface area contributed by atoms with Gasteiger partial charge in [0.25, 0.3) is 5.91 Å². The van der Waals surface area contributed by atoms with E-state index in [0.29, 0.717) is 35.9 Å². The SMILES string of the molecule is CCOc1ccc(/C=C/C(=O)Nc2ccc(C(=O)N3CCc4ccccc43)cc2)cc1OC. The van der Waals surface area contributed by atoms with Crippen molar-refractivity contribution in [3.63, 3.8) is 0 Å². The Kier molecular flexibility index (Phi) is 6.74. The number of carbonyl (C=O) groups excluding carboxylic acids is 2. The van der Waals surface area contributed by atoms with Crippen molar-refractivity contribution >= 4 is 29.3 Å². The molecule has 0 saturated heterocycles. The number of hydrogen-bond donors (Lipinski definition) is 1. The summed E-state index contributed by atoms with van der Waals surface area (Å²) in [4.78, 5) is 27.1. The molecule has 33 heavy (non-hydrogen) atoms. The lowest BCUT2D eigenvalue weighted by molar-refractivity contribution is -0.111. The fourth-order valence-corrected chi connectivity index (χ4v) is 3.82. The fraction of sp³-hybridized carbons (Fsp3) is 0.185. The van der Waals surface area contributed by atoms with Gasteiger partial charge in [0, 0.05) is 29.6 Å². The monoisotopic (exact) mass is 442 g/mol. The normalized spacial score (nSPS) is 12.5. The predicted octanol–water partition coefficient (Wildman–Crippen LogP) is 4.95. The molecule has 0 spiro atoms. The van der Waals surface area contributed by atoms with Gasteiger partial charge in [-0.1, -0.05) is 24.3 Å². The van der Waals surface area contributed by atoms with E-state index in [0.717, 1.165) is 17.7 Å². The number of rotatable bonds is 7. The summed E-state index contributed by atoms with van der Waals surface area (Å²) in [6, 6.07) is 20.4. The Balaban J connectivity index is 1.38. The molecule has 0 saturated carbocycles. The molecule has 1 heterocycles. The van der Waals surface area contributed by atoms with Gasteiger partial charge < -0.3 is 19.7 Å². The highest BCUT2D eigenvalue weighted by atomic mass is 16.5. The molecule has 0 bridgehead atoms. The number of amides is 2. The molecular formula is C27H26N2O4. The first-order valence-corrected chi connectivity index (χ1v) is 10.9. The first-order valence-electron chi connectivity index (χ1n) is 10.9. The zero-order valence-corrected chi connectivity index (χ0v) is 18.7. The number of nitrogens with zero attached hydrogens (tertiary/aromatic N) is 1. The second-order valence-electron chi connectivity index (χ2n) is 7.58. The maximum absolute atomic E-state index is 12.9. The molecule has 0 atom stereocenters. The van der Waals surface area contributed by atoms with Gasteiger partial charge >= 0.3 is 0 Å². The van der Waals surface area contributed by atoms with Crippen LogP contribution in [-0.4, -0.2) is 32.1 Å². The van der Waals surface area contributed by atoms with Gasteiger partial charge in [-0.25, -0.2) is 0 Å². The minimum atomic E-state index is -0.268. The number of para-hydroxylation sites is 1. The standard InChI is InChI=1S/C27H26N2O4/c1-3-33-24-14-8-19(18-25(24)32-2)9-15-26(30)28-22-12-10-21(11-13-22)27(31)29-17-16-20-6-4-5-7-23(20)29/h4-15,18H,3,16-17H2,1-2H3,(H,28,30)/b15-9+. The molecule has 0 aromatic heterocycles. The van der Waals surface area contributed by atoms with Crippen LogP contribution in [0.25, 0.3) is 6.08 Å².